The van der Waals surface area contributed by atoms with Crippen LogP contribution < -0.4 is 14.8 Å². The first-order valence-corrected chi connectivity index (χ1v) is 9.75. The highest BCUT2D eigenvalue weighted by Gasteiger charge is 2.15. The Balaban J connectivity index is 1.22. The van der Waals surface area contributed by atoms with Crippen LogP contribution in [0.15, 0.2) is 58.3 Å². The van der Waals surface area contributed by atoms with Crippen molar-refractivity contribution in [1.82, 2.24) is 4.98 Å². The molecule has 1 N–H and O–H groups in total. The number of aromatic nitrogens is 1. The van der Waals surface area contributed by atoms with Gasteiger partial charge in [0.1, 0.15) is 11.3 Å². The van der Waals surface area contributed by atoms with Gasteiger partial charge in [0.2, 0.25) is 12.7 Å². The van der Waals surface area contributed by atoms with E-state index in [1.54, 1.807) is 0 Å². The maximum absolute atomic E-state index is 12.3. The Kier molecular flexibility index (Phi) is 4.21. The third kappa shape index (κ3) is 3.32. The van der Waals surface area contributed by atoms with Gasteiger partial charge in [-0.15, -0.1) is 11.3 Å². The number of amides is 1. The number of hydrogen-bond donors (Lipinski definition) is 1. The summed E-state index contributed by atoms with van der Waals surface area (Å²) in [4.78, 5) is 16.8. The number of nitrogens with one attached hydrogen (secondary N) is 1. The second kappa shape index (κ2) is 7.01. The van der Waals surface area contributed by atoms with Crippen molar-refractivity contribution in [1.29, 1.82) is 0 Å². The van der Waals surface area contributed by atoms with Crippen LogP contribution in [0, 0.1) is 0 Å². The van der Waals surface area contributed by atoms with E-state index in [9.17, 15) is 4.79 Å². The molecule has 5 rings (SSSR count). The molecule has 140 valence electrons. The van der Waals surface area contributed by atoms with E-state index >= 15 is 0 Å². The van der Waals surface area contributed by atoms with Crippen LogP contribution in [0.3, 0.4) is 0 Å². The second-order valence-electron chi connectivity index (χ2n) is 6.42. The van der Waals surface area contributed by atoms with Crippen molar-refractivity contribution in [3.8, 4) is 23.0 Å². The predicted molar refractivity (Wildman–Crippen MR) is 107 cm³/mol. The van der Waals surface area contributed by atoms with Crippen molar-refractivity contribution >= 4 is 33.3 Å². The van der Waals surface area contributed by atoms with E-state index in [0.29, 0.717) is 29.4 Å². The molecule has 1 aliphatic rings. The van der Waals surface area contributed by atoms with Crippen molar-refractivity contribution in [2.45, 2.75) is 12.8 Å². The lowest BCUT2D eigenvalue weighted by molar-refractivity contribution is -0.116. The van der Waals surface area contributed by atoms with Crippen LogP contribution in [0.2, 0.25) is 0 Å². The lowest BCUT2D eigenvalue weighted by atomic mass is 10.1. The maximum atomic E-state index is 12.3. The number of rotatable bonds is 5. The fourth-order valence-electron chi connectivity index (χ4n) is 3.09. The van der Waals surface area contributed by atoms with Gasteiger partial charge in [-0.25, -0.2) is 4.98 Å². The molecule has 2 aromatic heterocycles. The summed E-state index contributed by atoms with van der Waals surface area (Å²) in [5.74, 6) is 2.09. The molecule has 0 saturated heterocycles. The van der Waals surface area contributed by atoms with Gasteiger partial charge in [-0.1, -0.05) is 24.3 Å². The van der Waals surface area contributed by atoms with Crippen LogP contribution in [0.1, 0.15) is 12.0 Å². The van der Waals surface area contributed by atoms with Crippen molar-refractivity contribution < 1.29 is 18.7 Å². The number of ether oxygens (including phenoxy) is 2. The molecule has 7 heteroatoms. The molecule has 28 heavy (non-hydrogen) atoms. The number of carbonyl (C=O) groups excluding carboxylic acids is 1. The quantitative estimate of drug-likeness (QED) is 0.525. The summed E-state index contributed by atoms with van der Waals surface area (Å²) in [5.41, 5.74) is 2.56. The molecule has 0 fully saturated rings. The molecule has 0 unspecified atom stereocenters. The van der Waals surface area contributed by atoms with Crippen LogP contribution in [0.4, 0.5) is 5.13 Å². The molecule has 3 heterocycles. The number of para-hydroxylation sites is 1. The minimum Gasteiger partial charge on any atom is -0.454 e. The van der Waals surface area contributed by atoms with E-state index in [1.807, 2.05) is 53.9 Å². The van der Waals surface area contributed by atoms with E-state index < -0.39 is 0 Å². The molecule has 0 spiro atoms. The number of carbonyl (C=O) groups is 1. The van der Waals surface area contributed by atoms with Crippen molar-refractivity contribution in [2.75, 3.05) is 12.1 Å². The normalized spacial score (nSPS) is 12.4. The van der Waals surface area contributed by atoms with Crippen LogP contribution in [0.25, 0.3) is 22.4 Å². The average Bonchev–Trinajstić information content (AvgIpc) is 3.44. The zero-order valence-electron chi connectivity index (χ0n) is 14.8. The zero-order valence-corrected chi connectivity index (χ0v) is 15.6. The van der Waals surface area contributed by atoms with Gasteiger partial charge in [0.15, 0.2) is 22.4 Å². The van der Waals surface area contributed by atoms with E-state index in [2.05, 4.69) is 10.3 Å². The van der Waals surface area contributed by atoms with E-state index in [0.717, 1.165) is 28.0 Å². The number of anilines is 1. The smallest absolute Gasteiger partial charge is 0.231 e. The van der Waals surface area contributed by atoms with Crippen LogP contribution >= 0.6 is 11.3 Å². The highest BCUT2D eigenvalue weighted by atomic mass is 32.1. The van der Waals surface area contributed by atoms with Crippen molar-refractivity contribution in [3.05, 3.63) is 59.5 Å². The topological polar surface area (TPSA) is 73.6 Å². The fraction of sp³-hybridized carbons (Fsp3) is 0.143. The highest BCUT2D eigenvalue weighted by Crippen LogP contribution is 2.33. The second-order valence-corrected chi connectivity index (χ2v) is 7.28. The zero-order chi connectivity index (χ0) is 18.9. The Bertz CT molecular complexity index is 1130. The Morgan fingerprint density at radius 1 is 1.11 bits per heavy atom. The Hall–Kier alpha value is -3.32. The Morgan fingerprint density at radius 3 is 2.93 bits per heavy atom. The standard InChI is InChI=1S/C21H16N2O4S/c24-20(8-6-13-5-7-17-19(9-13)26-12-25-17)23-21-22-15(11-28-21)18-10-14-3-1-2-4-16(14)27-18/h1-5,7,9-11H,6,8,12H2,(H,22,23,24). The van der Waals surface area contributed by atoms with Gasteiger partial charge < -0.3 is 19.2 Å². The number of furan rings is 1. The van der Waals surface area contributed by atoms with Crippen LogP contribution in [-0.2, 0) is 11.2 Å². The molecule has 0 saturated carbocycles. The summed E-state index contributed by atoms with van der Waals surface area (Å²) in [7, 11) is 0. The largest absolute Gasteiger partial charge is 0.454 e. The number of thiazole rings is 1. The number of nitrogens with zero attached hydrogens (tertiary/aromatic N) is 1. The van der Waals surface area contributed by atoms with Crippen molar-refractivity contribution in [2.24, 2.45) is 0 Å². The molecule has 1 aliphatic heterocycles. The summed E-state index contributed by atoms with van der Waals surface area (Å²) in [6.45, 7) is 0.247. The molecule has 2 aromatic carbocycles. The molecular formula is C21H16N2O4S. The molecule has 4 aromatic rings. The summed E-state index contributed by atoms with van der Waals surface area (Å²) >= 11 is 1.38. The highest BCUT2D eigenvalue weighted by molar-refractivity contribution is 7.14. The SMILES string of the molecule is O=C(CCc1ccc2c(c1)OCO2)Nc1nc(-c2cc3ccccc3o2)cs1. The number of fused-ring (bicyclic) bond motifs is 2. The van der Waals surface area contributed by atoms with E-state index in [1.165, 1.54) is 11.3 Å². The van der Waals surface area contributed by atoms with Crippen LogP contribution in [-0.4, -0.2) is 17.7 Å². The minimum atomic E-state index is -0.0804. The molecular weight excluding hydrogens is 376 g/mol. The first-order chi connectivity index (χ1) is 13.7. The Morgan fingerprint density at radius 2 is 2.00 bits per heavy atom. The number of benzene rings is 2. The monoisotopic (exact) mass is 392 g/mol. The van der Waals surface area contributed by atoms with Crippen LogP contribution in [0.5, 0.6) is 11.5 Å². The molecule has 0 aliphatic carbocycles. The third-order valence-electron chi connectivity index (χ3n) is 4.51. The lowest BCUT2D eigenvalue weighted by Gasteiger charge is -2.03. The van der Waals surface area contributed by atoms with Crippen molar-refractivity contribution in [3.63, 3.8) is 0 Å². The maximum Gasteiger partial charge on any atom is 0.231 e. The molecule has 1 amide bonds. The fourth-order valence-corrected chi connectivity index (χ4v) is 3.80. The first kappa shape index (κ1) is 16.8. The molecule has 0 bridgehead atoms. The Labute approximate surface area is 164 Å². The summed E-state index contributed by atoms with van der Waals surface area (Å²) in [6.07, 6.45) is 0.976. The number of hydrogen-bond acceptors (Lipinski definition) is 6. The molecule has 6 nitrogen and oxygen atoms in total. The predicted octanol–water partition coefficient (Wildman–Crippen LogP) is 4.86. The summed E-state index contributed by atoms with van der Waals surface area (Å²) < 4.78 is 16.5. The lowest BCUT2D eigenvalue weighted by Crippen LogP contribution is -2.12. The summed E-state index contributed by atoms with van der Waals surface area (Å²) in [6, 6.07) is 15.5. The molecule has 0 atom stereocenters. The van der Waals surface area contributed by atoms with Gasteiger partial charge in [-0.2, -0.15) is 0 Å². The summed E-state index contributed by atoms with van der Waals surface area (Å²) in [5, 5.41) is 6.33. The van der Waals surface area contributed by atoms with Gasteiger partial charge in [-0.05, 0) is 36.2 Å². The molecule has 0 radical (unpaired) electrons. The minimum absolute atomic E-state index is 0.0804. The number of aryl methyl sites for hydroxylation is 1. The van der Waals surface area contributed by atoms with Gasteiger partial charge in [0.25, 0.3) is 0 Å². The van der Waals surface area contributed by atoms with E-state index in [-0.39, 0.29) is 12.7 Å². The van der Waals surface area contributed by atoms with Gasteiger partial charge in [0.05, 0.1) is 0 Å². The third-order valence-corrected chi connectivity index (χ3v) is 5.26. The van der Waals surface area contributed by atoms with Gasteiger partial charge >= 0.3 is 0 Å². The van der Waals surface area contributed by atoms with E-state index in [4.69, 9.17) is 13.9 Å². The average molecular weight is 392 g/mol. The van der Waals surface area contributed by atoms with Gasteiger partial charge in [-0.3, -0.25) is 4.79 Å². The first-order valence-electron chi connectivity index (χ1n) is 8.87. The van der Waals surface area contributed by atoms with Gasteiger partial charge in [0, 0.05) is 17.2 Å².